The van der Waals surface area contributed by atoms with E-state index in [4.69, 9.17) is 4.74 Å². The fraction of sp³-hybridized carbons (Fsp3) is 0.588. The Morgan fingerprint density at radius 3 is 2.68 bits per heavy atom. The standard InChI is InChI=1S/C17H30N4O/c1-5-22-11-7-10-19-17(18-2)20-13-15-8-6-9-16(12-15)14-21(3)4/h6,8-9,12H,5,7,10-11,13-14H2,1-4H3,(H2,18,19,20). The van der Waals surface area contributed by atoms with Crippen molar-refractivity contribution in [1.82, 2.24) is 15.5 Å². The van der Waals surface area contributed by atoms with Crippen LogP contribution in [0.5, 0.6) is 0 Å². The number of ether oxygens (including phenoxy) is 1. The van der Waals surface area contributed by atoms with Crippen molar-refractivity contribution < 1.29 is 4.74 Å². The molecule has 0 bridgehead atoms. The van der Waals surface area contributed by atoms with Gasteiger partial charge < -0.3 is 20.3 Å². The molecule has 0 fully saturated rings. The van der Waals surface area contributed by atoms with Crippen LogP contribution in [-0.2, 0) is 17.8 Å². The molecule has 124 valence electrons. The summed E-state index contributed by atoms with van der Waals surface area (Å²) in [7, 11) is 5.96. The quantitative estimate of drug-likeness (QED) is 0.415. The van der Waals surface area contributed by atoms with Gasteiger partial charge in [0.25, 0.3) is 0 Å². The summed E-state index contributed by atoms with van der Waals surface area (Å²) in [6.07, 6.45) is 0.979. The van der Waals surface area contributed by atoms with Gasteiger partial charge in [-0.2, -0.15) is 0 Å². The van der Waals surface area contributed by atoms with Crippen molar-refractivity contribution in [2.45, 2.75) is 26.4 Å². The second-order valence-corrected chi connectivity index (χ2v) is 5.46. The maximum atomic E-state index is 5.32. The number of nitrogens with zero attached hydrogens (tertiary/aromatic N) is 2. The van der Waals surface area contributed by atoms with Crippen LogP contribution in [0.4, 0.5) is 0 Å². The predicted octanol–water partition coefficient (Wildman–Crippen LogP) is 1.84. The number of rotatable bonds is 9. The van der Waals surface area contributed by atoms with Crippen LogP contribution >= 0.6 is 0 Å². The van der Waals surface area contributed by atoms with Crippen molar-refractivity contribution >= 4 is 5.96 Å². The molecule has 1 aromatic rings. The second kappa shape index (κ2) is 11.0. The minimum atomic E-state index is 0.770. The van der Waals surface area contributed by atoms with Crippen molar-refractivity contribution in [3.05, 3.63) is 35.4 Å². The number of nitrogens with one attached hydrogen (secondary N) is 2. The minimum absolute atomic E-state index is 0.770. The zero-order valence-electron chi connectivity index (χ0n) is 14.4. The van der Waals surface area contributed by atoms with Gasteiger partial charge in [0, 0.05) is 39.9 Å². The first kappa shape index (κ1) is 18.5. The van der Waals surface area contributed by atoms with E-state index in [0.717, 1.165) is 45.2 Å². The van der Waals surface area contributed by atoms with Crippen molar-refractivity contribution in [2.75, 3.05) is 40.9 Å². The van der Waals surface area contributed by atoms with Crippen molar-refractivity contribution in [2.24, 2.45) is 4.99 Å². The first-order valence-corrected chi connectivity index (χ1v) is 7.90. The predicted molar refractivity (Wildman–Crippen MR) is 93.1 cm³/mol. The molecule has 1 rings (SSSR count). The first-order chi connectivity index (χ1) is 10.7. The summed E-state index contributed by atoms with van der Waals surface area (Å²) in [5, 5.41) is 6.64. The summed E-state index contributed by atoms with van der Waals surface area (Å²) in [5.41, 5.74) is 2.58. The highest BCUT2D eigenvalue weighted by molar-refractivity contribution is 5.79. The summed E-state index contributed by atoms with van der Waals surface area (Å²) in [6, 6.07) is 8.63. The Kier molecular flexibility index (Phi) is 9.26. The lowest BCUT2D eigenvalue weighted by Gasteiger charge is -2.13. The van der Waals surface area contributed by atoms with Crippen LogP contribution in [0.15, 0.2) is 29.3 Å². The highest BCUT2D eigenvalue weighted by Gasteiger charge is 2.00. The lowest BCUT2D eigenvalue weighted by molar-refractivity contribution is 0.145. The van der Waals surface area contributed by atoms with E-state index in [2.05, 4.69) is 58.9 Å². The average molecular weight is 306 g/mol. The molecule has 0 aliphatic rings. The van der Waals surface area contributed by atoms with E-state index >= 15 is 0 Å². The topological polar surface area (TPSA) is 48.9 Å². The van der Waals surface area contributed by atoms with E-state index in [0.29, 0.717) is 0 Å². The molecule has 5 nitrogen and oxygen atoms in total. The van der Waals surface area contributed by atoms with E-state index in [1.165, 1.54) is 11.1 Å². The van der Waals surface area contributed by atoms with Crippen LogP contribution in [0, 0.1) is 0 Å². The molecule has 0 saturated carbocycles. The summed E-state index contributed by atoms with van der Waals surface area (Å²) >= 11 is 0. The molecule has 0 aliphatic carbocycles. The van der Waals surface area contributed by atoms with Crippen LogP contribution in [0.25, 0.3) is 0 Å². The number of guanidine groups is 1. The molecule has 0 aliphatic heterocycles. The van der Waals surface area contributed by atoms with Crippen LogP contribution < -0.4 is 10.6 Å². The molecule has 0 spiro atoms. The fourth-order valence-corrected chi connectivity index (χ4v) is 2.13. The van der Waals surface area contributed by atoms with Crippen molar-refractivity contribution in [3.63, 3.8) is 0 Å². The smallest absolute Gasteiger partial charge is 0.191 e. The largest absolute Gasteiger partial charge is 0.382 e. The monoisotopic (exact) mass is 306 g/mol. The number of hydrogen-bond donors (Lipinski definition) is 2. The Labute approximate surface area is 134 Å². The Hall–Kier alpha value is -1.59. The summed E-state index contributed by atoms with van der Waals surface area (Å²) in [4.78, 5) is 6.41. The Morgan fingerprint density at radius 2 is 2.00 bits per heavy atom. The normalized spacial score (nSPS) is 11.8. The molecule has 5 heteroatoms. The molecule has 0 radical (unpaired) electrons. The van der Waals surface area contributed by atoms with Crippen LogP contribution in [0.1, 0.15) is 24.5 Å². The molecule has 0 heterocycles. The molecule has 2 N–H and O–H groups in total. The van der Waals surface area contributed by atoms with Crippen LogP contribution in [0.2, 0.25) is 0 Å². The molecule has 0 aromatic heterocycles. The van der Waals surface area contributed by atoms with Gasteiger partial charge in [0.15, 0.2) is 5.96 Å². The number of benzene rings is 1. The van der Waals surface area contributed by atoms with Gasteiger partial charge in [-0.1, -0.05) is 24.3 Å². The maximum Gasteiger partial charge on any atom is 0.191 e. The Morgan fingerprint density at radius 1 is 1.23 bits per heavy atom. The summed E-state index contributed by atoms with van der Waals surface area (Å²) in [6.45, 7) is 6.16. The molecular formula is C17H30N4O. The maximum absolute atomic E-state index is 5.32. The molecule has 0 atom stereocenters. The molecule has 0 amide bonds. The van der Waals surface area contributed by atoms with Gasteiger partial charge in [-0.3, -0.25) is 4.99 Å². The molecule has 0 unspecified atom stereocenters. The van der Waals surface area contributed by atoms with E-state index in [1.807, 2.05) is 6.92 Å². The van der Waals surface area contributed by atoms with Gasteiger partial charge in [0.2, 0.25) is 0 Å². The zero-order chi connectivity index (χ0) is 16.2. The lowest BCUT2D eigenvalue weighted by atomic mass is 10.1. The third-order valence-corrected chi connectivity index (χ3v) is 3.14. The average Bonchev–Trinajstić information content (AvgIpc) is 2.50. The molecule has 22 heavy (non-hydrogen) atoms. The van der Waals surface area contributed by atoms with Crippen LogP contribution in [-0.4, -0.2) is 51.8 Å². The van der Waals surface area contributed by atoms with Crippen LogP contribution in [0.3, 0.4) is 0 Å². The zero-order valence-corrected chi connectivity index (χ0v) is 14.4. The van der Waals surface area contributed by atoms with Gasteiger partial charge in [-0.15, -0.1) is 0 Å². The first-order valence-electron chi connectivity index (χ1n) is 7.90. The third-order valence-electron chi connectivity index (χ3n) is 3.14. The van der Waals surface area contributed by atoms with Gasteiger partial charge in [0.1, 0.15) is 0 Å². The SMILES string of the molecule is CCOCCCNC(=NC)NCc1cccc(CN(C)C)c1. The summed E-state index contributed by atoms with van der Waals surface area (Å²) in [5.74, 6) is 0.828. The molecule has 1 aromatic carbocycles. The fourth-order valence-electron chi connectivity index (χ4n) is 2.13. The number of hydrogen-bond acceptors (Lipinski definition) is 3. The highest BCUT2D eigenvalue weighted by atomic mass is 16.5. The van der Waals surface area contributed by atoms with E-state index in [-0.39, 0.29) is 0 Å². The Balaban J connectivity index is 2.36. The van der Waals surface area contributed by atoms with Crippen molar-refractivity contribution in [3.8, 4) is 0 Å². The lowest BCUT2D eigenvalue weighted by Crippen LogP contribution is -2.37. The van der Waals surface area contributed by atoms with Gasteiger partial charge in [-0.05, 0) is 38.6 Å². The molecular weight excluding hydrogens is 276 g/mol. The summed E-state index contributed by atoms with van der Waals surface area (Å²) < 4.78 is 5.32. The second-order valence-electron chi connectivity index (χ2n) is 5.46. The number of aliphatic imine (C=N–C) groups is 1. The minimum Gasteiger partial charge on any atom is -0.382 e. The Bertz CT molecular complexity index is 446. The molecule has 0 saturated heterocycles. The van der Waals surface area contributed by atoms with E-state index in [9.17, 15) is 0 Å². The van der Waals surface area contributed by atoms with Gasteiger partial charge in [0.05, 0.1) is 0 Å². The van der Waals surface area contributed by atoms with Crippen molar-refractivity contribution in [1.29, 1.82) is 0 Å². The van der Waals surface area contributed by atoms with E-state index in [1.54, 1.807) is 7.05 Å². The van der Waals surface area contributed by atoms with Gasteiger partial charge >= 0.3 is 0 Å². The van der Waals surface area contributed by atoms with E-state index < -0.39 is 0 Å². The third kappa shape index (κ3) is 8.00. The highest BCUT2D eigenvalue weighted by Crippen LogP contribution is 2.06. The van der Waals surface area contributed by atoms with Gasteiger partial charge in [-0.25, -0.2) is 0 Å².